The molecule has 4 rings (SSSR count). The molecular formula is C25H28N4O4. The number of benzene rings is 2. The highest BCUT2D eigenvalue weighted by Crippen LogP contribution is 2.27. The number of para-hydroxylation sites is 1. The molecule has 0 spiro atoms. The van der Waals surface area contributed by atoms with E-state index in [4.69, 9.17) is 9.47 Å². The van der Waals surface area contributed by atoms with Crippen LogP contribution in [0, 0.1) is 6.92 Å². The molecule has 2 aromatic carbocycles. The fraction of sp³-hybridized carbons (Fsp3) is 0.320. The van der Waals surface area contributed by atoms with Crippen LogP contribution in [0.1, 0.15) is 30.6 Å². The monoisotopic (exact) mass is 448 g/mol. The highest BCUT2D eigenvalue weighted by Gasteiger charge is 2.24. The van der Waals surface area contributed by atoms with Crippen LogP contribution in [0.5, 0.6) is 11.5 Å². The van der Waals surface area contributed by atoms with Crippen LogP contribution in [0.3, 0.4) is 0 Å². The lowest BCUT2D eigenvalue weighted by atomic mass is 10.1. The Morgan fingerprint density at radius 3 is 2.64 bits per heavy atom. The smallest absolute Gasteiger partial charge is 0.273 e. The summed E-state index contributed by atoms with van der Waals surface area (Å²) in [4.78, 5) is 29.6. The standard InChI is InChI=1S/C25H28N4O4/c1-5-20(25(31)26-13-12-17-15-18(32-3)10-11-22(17)33-4)29-21-9-7-6-8-19(21)24-27-23(30)14-16(2)28(24)29/h6-11,14-15,20H,5,12-13H2,1-4H3,(H,26,31). The summed E-state index contributed by atoms with van der Waals surface area (Å²) in [5, 5.41) is 3.91. The predicted molar refractivity (Wildman–Crippen MR) is 127 cm³/mol. The summed E-state index contributed by atoms with van der Waals surface area (Å²) in [5.74, 6) is 1.40. The van der Waals surface area contributed by atoms with Crippen LogP contribution in [-0.4, -0.2) is 40.9 Å². The molecule has 0 fully saturated rings. The summed E-state index contributed by atoms with van der Waals surface area (Å²) in [6, 6.07) is 14.3. The molecule has 172 valence electrons. The molecule has 0 bridgehead atoms. The first-order valence-corrected chi connectivity index (χ1v) is 11.0. The molecule has 0 aliphatic carbocycles. The first-order chi connectivity index (χ1) is 16.0. The second kappa shape index (κ2) is 9.36. The minimum Gasteiger partial charge on any atom is -0.497 e. The maximum Gasteiger partial charge on any atom is 0.273 e. The van der Waals surface area contributed by atoms with Gasteiger partial charge in [-0.1, -0.05) is 19.1 Å². The number of rotatable bonds is 8. The SMILES string of the molecule is CCC(C(=O)NCCc1cc(OC)ccc1OC)n1c2ccccc2c2nc(=O)cc(C)n21. The van der Waals surface area contributed by atoms with Gasteiger partial charge in [0, 0.05) is 23.7 Å². The number of ether oxygens (including phenoxy) is 2. The van der Waals surface area contributed by atoms with Crippen molar-refractivity contribution < 1.29 is 14.3 Å². The Hall–Kier alpha value is -3.81. The van der Waals surface area contributed by atoms with Crippen molar-refractivity contribution in [2.24, 2.45) is 0 Å². The Bertz CT molecular complexity index is 1370. The van der Waals surface area contributed by atoms with Gasteiger partial charge in [0.05, 0.1) is 19.7 Å². The van der Waals surface area contributed by atoms with Gasteiger partial charge in [-0.25, -0.2) is 4.52 Å². The van der Waals surface area contributed by atoms with Gasteiger partial charge in [0.2, 0.25) is 5.91 Å². The lowest BCUT2D eigenvalue weighted by Gasteiger charge is -2.20. The molecule has 1 unspecified atom stereocenters. The minimum absolute atomic E-state index is 0.0971. The zero-order valence-corrected chi connectivity index (χ0v) is 19.3. The normalized spacial score (nSPS) is 12.1. The predicted octanol–water partition coefficient (Wildman–Crippen LogP) is 3.28. The molecule has 1 atom stereocenters. The fourth-order valence-corrected chi connectivity index (χ4v) is 4.30. The molecular weight excluding hydrogens is 420 g/mol. The van der Waals surface area contributed by atoms with Crippen LogP contribution in [0.2, 0.25) is 0 Å². The minimum atomic E-state index is -0.470. The van der Waals surface area contributed by atoms with Gasteiger partial charge in [-0.3, -0.25) is 14.3 Å². The number of aryl methyl sites for hydroxylation is 1. The Balaban J connectivity index is 1.64. The lowest BCUT2D eigenvalue weighted by Crippen LogP contribution is -2.35. The number of nitrogens with zero attached hydrogens (tertiary/aromatic N) is 3. The van der Waals surface area contributed by atoms with Gasteiger partial charge >= 0.3 is 0 Å². The number of fused-ring (bicyclic) bond motifs is 3. The third-order valence-electron chi connectivity index (χ3n) is 5.86. The first kappa shape index (κ1) is 22.4. The molecule has 33 heavy (non-hydrogen) atoms. The summed E-state index contributed by atoms with van der Waals surface area (Å²) in [7, 11) is 3.25. The Kier molecular flexibility index (Phi) is 6.35. The largest absolute Gasteiger partial charge is 0.497 e. The van der Waals surface area contributed by atoms with Crippen molar-refractivity contribution in [3.05, 3.63) is 70.1 Å². The van der Waals surface area contributed by atoms with Crippen molar-refractivity contribution in [2.75, 3.05) is 20.8 Å². The molecule has 0 radical (unpaired) electrons. The van der Waals surface area contributed by atoms with Crippen molar-refractivity contribution in [3.63, 3.8) is 0 Å². The van der Waals surface area contributed by atoms with E-state index in [-0.39, 0.29) is 11.5 Å². The second-order valence-electron chi connectivity index (χ2n) is 7.88. The zero-order valence-electron chi connectivity index (χ0n) is 19.3. The Labute approximate surface area is 191 Å². The molecule has 1 N–H and O–H groups in total. The molecule has 8 nitrogen and oxygen atoms in total. The molecule has 4 aromatic rings. The van der Waals surface area contributed by atoms with E-state index in [2.05, 4.69) is 10.3 Å². The number of carbonyl (C=O) groups is 1. The first-order valence-electron chi connectivity index (χ1n) is 11.0. The maximum atomic E-state index is 13.3. The van der Waals surface area contributed by atoms with E-state index in [1.807, 2.05) is 65.5 Å². The van der Waals surface area contributed by atoms with E-state index in [0.29, 0.717) is 25.0 Å². The molecule has 0 saturated heterocycles. The summed E-state index contributed by atoms with van der Waals surface area (Å²) < 4.78 is 14.6. The van der Waals surface area contributed by atoms with Crippen LogP contribution >= 0.6 is 0 Å². The van der Waals surface area contributed by atoms with E-state index in [1.165, 1.54) is 6.07 Å². The number of methoxy groups -OCH3 is 2. The molecule has 0 aliphatic rings. The summed E-state index contributed by atoms with van der Waals surface area (Å²) in [5.41, 5.74) is 2.81. The van der Waals surface area contributed by atoms with E-state index in [9.17, 15) is 9.59 Å². The summed E-state index contributed by atoms with van der Waals surface area (Å²) >= 11 is 0. The fourth-order valence-electron chi connectivity index (χ4n) is 4.30. The van der Waals surface area contributed by atoms with Crippen molar-refractivity contribution in [1.29, 1.82) is 0 Å². The summed E-state index contributed by atoms with van der Waals surface area (Å²) in [6.45, 7) is 4.27. The van der Waals surface area contributed by atoms with Crippen molar-refractivity contribution in [3.8, 4) is 11.5 Å². The number of hydrogen-bond donors (Lipinski definition) is 1. The molecule has 8 heteroatoms. The van der Waals surface area contributed by atoms with Crippen LogP contribution < -0.4 is 20.3 Å². The molecule has 2 heterocycles. The van der Waals surface area contributed by atoms with E-state index in [1.54, 1.807) is 14.2 Å². The van der Waals surface area contributed by atoms with Crippen molar-refractivity contribution in [1.82, 2.24) is 19.5 Å². The summed E-state index contributed by atoms with van der Waals surface area (Å²) in [6.07, 6.45) is 1.18. The van der Waals surface area contributed by atoms with Crippen molar-refractivity contribution >= 4 is 22.5 Å². The highest BCUT2D eigenvalue weighted by atomic mass is 16.5. The van der Waals surface area contributed by atoms with E-state index >= 15 is 0 Å². The number of carbonyl (C=O) groups excluding carboxylic acids is 1. The van der Waals surface area contributed by atoms with Gasteiger partial charge in [-0.15, -0.1) is 0 Å². The average Bonchev–Trinajstić information content (AvgIpc) is 3.14. The molecule has 0 saturated carbocycles. The Morgan fingerprint density at radius 2 is 1.91 bits per heavy atom. The maximum absolute atomic E-state index is 13.3. The van der Waals surface area contributed by atoms with Gasteiger partial charge in [-0.05, 0) is 55.7 Å². The number of aromatic nitrogens is 3. The van der Waals surface area contributed by atoms with Crippen molar-refractivity contribution in [2.45, 2.75) is 32.7 Å². The van der Waals surface area contributed by atoms with Crippen LogP contribution in [0.15, 0.2) is 53.3 Å². The Morgan fingerprint density at radius 1 is 1.12 bits per heavy atom. The van der Waals surface area contributed by atoms with Gasteiger partial charge in [0.15, 0.2) is 5.65 Å². The van der Waals surface area contributed by atoms with Crippen LogP contribution in [0.4, 0.5) is 0 Å². The second-order valence-corrected chi connectivity index (χ2v) is 7.88. The topological polar surface area (TPSA) is 86.9 Å². The number of amides is 1. The quantitative estimate of drug-likeness (QED) is 0.447. The van der Waals surface area contributed by atoms with E-state index < -0.39 is 6.04 Å². The molecule has 0 aliphatic heterocycles. The zero-order chi connectivity index (χ0) is 23.5. The van der Waals surface area contributed by atoms with Crippen LogP contribution in [-0.2, 0) is 11.2 Å². The van der Waals surface area contributed by atoms with Gasteiger partial charge in [0.1, 0.15) is 17.5 Å². The van der Waals surface area contributed by atoms with Gasteiger partial charge < -0.3 is 14.8 Å². The molecule has 2 aromatic heterocycles. The third-order valence-corrected chi connectivity index (χ3v) is 5.86. The van der Waals surface area contributed by atoms with Gasteiger partial charge in [0.25, 0.3) is 5.56 Å². The van der Waals surface area contributed by atoms with Crippen LogP contribution in [0.25, 0.3) is 16.6 Å². The average molecular weight is 449 g/mol. The third kappa shape index (κ3) is 4.16. The number of hydrogen-bond acceptors (Lipinski definition) is 5. The highest BCUT2D eigenvalue weighted by molar-refractivity contribution is 5.94. The number of nitrogens with one attached hydrogen (secondary N) is 1. The van der Waals surface area contributed by atoms with Gasteiger partial charge in [-0.2, -0.15) is 4.98 Å². The lowest BCUT2D eigenvalue weighted by molar-refractivity contribution is -0.124. The molecule has 1 amide bonds. The van der Waals surface area contributed by atoms with E-state index in [0.717, 1.165) is 33.7 Å².